The van der Waals surface area contributed by atoms with Crippen molar-refractivity contribution in [1.82, 2.24) is 4.90 Å². The molecule has 64 heavy (non-hydrogen) atoms. The molecular weight excluding hydrogens is 799 g/mol. The Morgan fingerprint density at radius 2 is 0.688 bits per heavy atom. The SMILES string of the molecule is CN1CCC(C(=O)OCCCCC(CCCCCCCCCCCCCCCCCCCCCC(=O)O)CCCCCCC(O)CCCCCCCCCCCCCCC(=O)O)CC1. The number of aliphatic hydroxyl groups excluding tert-OH is 1. The summed E-state index contributed by atoms with van der Waals surface area (Å²) in [6, 6.07) is 0. The molecule has 3 N–H and O–H groups in total. The lowest BCUT2D eigenvalue weighted by molar-refractivity contribution is -0.150. The fourth-order valence-electron chi connectivity index (χ4n) is 9.95. The summed E-state index contributed by atoms with van der Waals surface area (Å²) in [5, 5.41) is 28.0. The molecule has 2 unspecified atom stereocenters. The van der Waals surface area contributed by atoms with Crippen LogP contribution in [0.5, 0.6) is 0 Å². The molecule has 1 fully saturated rings. The van der Waals surface area contributed by atoms with Gasteiger partial charge in [0.1, 0.15) is 0 Å². The minimum Gasteiger partial charge on any atom is -0.481 e. The summed E-state index contributed by atoms with van der Waals surface area (Å²) in [4.78, 5) is 36.0. The van der Waals surface area contributed by atoms with Crippen molar-refractivity contribution in [3.63, 3.8) is 0 Å². The van der Waals surface area contributed by atoms with E-state index in [-0.39, 0.29) is 18.0 Å². The molecule has 1 aliphatic heterocycles. The molecule has 0 aromatic carbocycles. The van der Waals surface area contributed by atoms with Gasteiger partial charge in [0.05, 0.1) is 18.6 Å². The maximum absolute atomic E-state index is 12.6. The molecule has 0 saturated carbocycles. The van der Waals surface area contributed by atoms with Crippen molar-refractivity contribution in [3.8, 4) is 0 Å². The molecule has 0 aliphatic carbocycles. The molecule has 1 rings (SSSR count). The molecule has 0 spiro atoms. The van der Waals surface area contributed by atoms with Crippen LogP contribution in [0.4, 0.5) is 0 Å². The smallest absolute Gasteiger partial charge is 0.309 e. The first-order valence-electron chi connectivity index (χ1n) is 28.2. The fraction of sp³-hybridized carbons (Fsp3) is 0.946. The van der Waals surface area contributed by atoms with Gasteiger partial charge in [0.2, 0.25) is 0 Å². The summed E-state index contributed by atoms with van der Waals surface area (Å²) in [6.45, 7) is 2.58. The number of carbonyl (C=O) groups is 3. The highest BCUT2D eigenvalue weighted by molar-refractivity contribution is 5.72. The Balaban J connectivity index is 2.09. The van der Waals surface area contributed by atoms with Gasteiger partial charge in [-0.2, -0.15) is 0 Å². The molecule has 378 valence electrons. The Hall–Kier alpha value is -1.67. The second-order valence-electron chi connectivity index (χ2n) is 20.6. The zero-order valence-corrected chi connectivity index (χ0v) is 42.3. The number of carbonyl (C=O) groups excluding carboxylic acids is 1. The van der Waals surface area contributed by atoms with Crippen molar-refractivity contribution in [1.29, 1.82) is 0 Å². The highest BCUT2D eigenvalue weighted by atomic mass is 16.5. The largest absolute Gasteiger partial charge is 0.481 e. The standard InChI is InChI=1S/C56H107NO7/c1-57-48-46-52(47-49-57)56(63)64-50-38-37-41-51(39-31-25-21-17-13-9-7-5-3-2-4-6-8-10-15-19-23-27-35-44-54(59)60)40-32-29-30-34-43-53(58)42-33-26-22-18-14-11-12-16-20-24-28-36-45-55(61)62/h51-53,58H,2-50H2,1H3,(H,59,60)(H,61,62). The Morgan fingerprint density at radius 1 is 0.422 bits per heavy atom. The van der Waals surface area contributed by atoms with Gasteiger partial charge >= 0.3 is 17.9 Å². The van der Waals surface area contributed by atoms with E-state index in [9.17, 15) is 19.5 Å². The molecule has 0 radical (unpaired) electrons. The molecule has 1 saturated heterocycles. The highest BCUT2D eigenvalue weighted by Crippen LogP contribution is 2.25. The number of hydrogen-bond donors (Lipinski definition) is 3. The van der Waals surface area contributed by atoms with Crippen molar-refractivity contribution in [2.45, 2.75) is 301 Å². The number of likely N-dealkylation sites (tertiary alicyclic amines) is 1. The van der Waals surface area contributed by atoms with Crippen LogP contribution in [0.15, 0.2) is 0 Å². The minimum atomic E-state index is -0.672. The fourth-order valence-corrected chi connectivity index (χ4v) is 9.95. The topological polar surface area (TPSA) is 124 Å². The molecule has 0 aromatic rings. The van der Waals surface area contributed by atoms with Gasteiger partial charge in [0.25, 0.3) is 0 Å². The van der Waals surface area contributed by atoms with Crippen LogP contribution in [0.3, 0.4) is 0 Å². The number of hydrogen-bond acceptors (Lipinski definition) is 6. The van der Waals surface area contributed by atoms with E-state index in [1.165, 1.54) is 205 Å². The number of unbranched alkanes of at least 4 members (excludes halogenated alkanes) is 33. The monoisotopic (exact) mass is 906 g/mol. The number of nitrogens with zero attached hydrogens (tertiary/aromatic N) is 1. The number of piperidine rings is 1. The van der Waals surface area contributed by atoms with E-state index >= 15 is 0 Å². The lowest BCUT2D eigenvalue weighted by Gasteiger charge is -2.27. The van der Waals surface area contributed by atoms with Crippen molar-refractivity contribution in [3.05, 3.63) is 0 Å². The van der Waals surface area contributed by atoms with Crippen LogP contribution in [-0.4, -0.2) is 71.0 Å². The van der Waals surface area contributed by atoms with Gasteiger partial charge in [-0.25, -0.2) is 0 Å². The molecular formula is C56H107NO7. The number of aliphatic hydroxyl groups is 1. The van der Waals surface area contributed by atoms with Crippen LogP contribution in [0.25, 0.3) is 0 Å². The third-order valence-corrected chi connectivity index (χ3v) is 14.4. The van der Waals surface area contributed by atoms with Crippen molar-refractivity contribution < 1.29 is 34.4 Å². The summed E-state index contributed by atoms with van der Waals surface area (Å²) in [7, 11) is 2.13. The average Bonchev–Trinajstić information content (AvgIpc) is 3.27. The molecule has 0 aromatic heterocycles. The summed E-state index contributed by atoms with van der Waals surface area (Å²) in [5.74, 6) is -0.411. The Kier molecular flexibility index (Phi) is 43.8. The van der Waals surface area contributed by atoms with E-state index in [1.54, 1.807) is 0 Å². The van der Waals surface area contributed by atoms with Crippen LogP contribution < -0.4 is 0 Å². The Bertz CT molecular complexity index is 1030. The maximum atomic E-state index is 12.6. The molecule has 0 amide bonds. The first kappa shape index (κ1) is 60.3. The zero-order valence-electron chi connectivity index (χ0n) is 42.3. The number of carboxylic acids is 2. The van der Waals surface area contributed by atoms with E-state index in [0.717, 1.165) is 96.1 Å². The van der Waals surface area contributed by atoms with Gasteiger partial charge in [-0.15, -0.1) is 0 Å². The van der Waals surface area contributed by atoms with E-state index in [2.05, 4.69) is 11.9 Å². The predicted molar refractivity (Wildman–Crippen MR) is 269 cm³/mol. The lowest BCUT2D eigenvalue weighted by atomic mass is 9.90. The Morgan fingerprint density at radius 3 is 1.00 bits per heavy atom. The van der Waals surface area contributed by atoms with Gasteiger partial charge in [0.15, 0.2) is 0 Å². The minimum absolute atomic E-state index is 0.0334. The third-order valence-electron chi connectivity index (χ3n) is 14.4. The second-order valence-corrected chi connectivity index (χ2v) is 20.6. The normalized spacial score (nSPS) is 14.5. The second kappa shape index (κ2) is 46.4. The molecule has 8 heteroatoms. The lowest BCUT2D eigenvalue weighted by Crippen LogP contribution is -2.34. The zero-order chi connectivity index (χ0) is 46.4. The quantitative estimate of drug-likeness (QED) is 0.0407. The van der Waals surface area contributed by atoms with Crippen molar-refractivity contribution >= 4 is 17.9 Å². The Labute approximate surface area is 396 Å². The van der Waals surface area contributed by atoms with Crippen LogP contribution in [-0.2, 0) is 19.1 Å². The van der Waals surface area contributed by atoms with Gasteiger partial charge in [-0.1, -0.05) is 231 Å². The summed E-state index contributed by atoms with van der Waals surface area (Å²) < 4.78 is 5.73. The number of carboxylic acid groups (broad SMARTS) is 2. The number of ether oxygens (including phenoxy) is 1. The van der Waals surface area contributed by atoms with E-state index < -0.39 is 11.9 Å². The van der Waals surface area contributed by atoms with Crippen LogP contribution in [0.2, 0.25) is 0 Å². The van der Waals surface area contributed by atoms with Crippen LogP contribution in [0.1, 0.15) is 295 Å². The van der Waals surface area contributed by atoms with E-state index in [4.69, 9.17) is 14.9 Å². The number of rotatable bonds is 50. The molecule has 1 heterocycles. The first-order valence-corrected chi connectivity index (χ1v) is 28.2. The highest BCUT2D eigenvalue weighted by Gasteiger charge is 2.24. The summed E-state index contributed by atoms with van der Waals surface area (Å²) in [5.41, 5.74) is 0. The first-order chi connectivity index (χ1) is 31.3. The summed E-state index contributed by atoms with van der Waals surface area (Å²) >= 11 is 0. The molecule has 8 nitrogen and oxygen atoms in total. The van der Waals surface area contributed by atoms with E-state index in [0.29, 0.717) is 19.4 Å². The predicted octanol–water partition coefficient (Wildman–Crippen LogP) is 16.2. The van der Waals surface area contributed by atoms with Crippen molar-refractivity contribution in [2.75, 3.05) is 26.7 Å². The molecule has 0 bridgehead atoms. The summed E-state index contributed by atoms with van der Waals surface area (Å²) in [6.07, 6.45) is 54.9. The van der Waals surface area contributed by atoms with Crippen LogP contribution in [0, 0.1) is 11.8 Å². The molecule has 1 aliphatic rings. The van der Waals surface area contributed by atoms with Crippen molar-refractivity contribution in [2.24, 2.45) is 11.8 Å². The van der Waals surface area contributed by atoms with Gasteiger partial charge in [-0.05, 0) is 77.4 Å². The van der Waals surface area contributed by atoms with E-state index in [1.807, 2.05) is 0 Å². The van der Waals surface area contributed by atoms with Gasteiger partial charge < -0.3 is 25.0 Å². The van der Waals surface area contributed by atoms with Gasteiger partial charge in [0, 0.05) is 12.8 Å². The molecule has 2 atom stereocenters. The van der Waals surface area contributed by atoms with Gasteiger partial charge in [-0.3, -0.25) is 14.4 Å². The number of aliphatic carboxylic acids is 2. The number of esters is 1. The third kappa shape index (κ3) is 42.9. The van der Waals surface area contributed by atoms with Crippen LogP contribution >= 0.6 is 0 Å². The average molecular weight is 906 g/mol. The maximum Gasteiger partial charge on any atom is 0.309 e.